The third kappa shape index (κ3) is 5.28. The molecule has 0 spiro atoms. The molecule has 120 valence electrons. The molecule has 0 fully saturated rings. The molecular formula is C18H22N4O. The first-order valence-electron chi connectivity index (χ1n) is 7.73. The normalized spacial score (nSPS) is 14.5. The predicted octanol–water partition coefficient (Wildman–Crippen LogP) is 2.18. The summed E-state index contributed by atoms with van der Waals surface area (Å²) in [5, 5.41) is 14.7. The number of urea groups is 1. The number of carbonyl (C=O) groups excluding carboxylic acids is 1. The summed E-state index contributed by atoms with van der Waals surface area (Å²) < 4.78 is 0. The molecule has 0 saturated heterocycles. The van der Waals surface area contributed by atoms with Crippen LogP contribution in [0.4, 0.5) is 4.79 Å². The molecule has 0 saturated carbocycles. The molecule has 1 aromatic rings. The van der Waals surface area contributed by atoms with Gasteiger partial charge < -0.3 is 10.6 Å². The van der Waals surface area contributed by atoms with Gasteiger partial charge in [-0.25, -0.2) is 4.79 Å². The van der Waals surface area contributed by atoms with Crippen molar-refractivity contribution in [2.45, 2.75) is 13.0 Å². The number of hydrogen-bond donors (Lipinski definition) is 2. The SMILES string of the molecule is C=CCNC(=O)NCC1=CCCN(Cc2ccccc2C#N)C1. The Morgan fingerprint density at radius 3 is 3.00 bits per heavy atom. The van der Waals surface area contributed by atoms with Gasteiger partial charge in [0, 0.05) is 32.7 Å². The third-order valence-corrected chi connectivity index (χ3v) is 3.72. The number of benzene rings is 1. The second-order valence-corrected chi connectivity index (χ2v) is 5.48. The molecule has 0 bridgehead atoms. The highest BCUT2D eigenvalue weighted by Gasteiger charge is 2.14. The van der Waals surface area contributed by atoms with Crippen LogP contribution < -0.4 is 10.6 Å². The largest absolute Gasteiger partial charge is 0.335 e. The number of nitrogens with zero attached hydrogens (tertiary/aromatic N) is 2. The zero-order chi connectivity index (χ0) is 16.5. The van der Waals surface area contributed by atoms with E-state index < -0.39 is 0 Å². The molecule has 1 heterocycles. The Labute approximate surface area is 137 Å². The lowest BCUT2D eigenvalue weighted by Gasteiger charge is -2.27. The summed E-state index contributed by atoms with van der Waals surface area (Å²) in [6.45, 7) is 7.09. The molecule has 5 heteroatoms. The Bertz CT molecular complexity index is 630. The van der Waals surface area contributed by atoms with Crippen molar-refractivity contribution >= 4 is 6.03 Å². The first-order chi connectivity index (χ1) is 11.2. The van der Waals surface area contributed by atoms with E-state index in [0.29, 0.717) is 13.1 Å². The average molecular weight is 310 g/mol. The van der Waals surface area contributed by atoms with Crippen molar-refractivity contribution in [2.24, 2.45) is 0 Å². The van der Waals surface area contributed by atoms with E-state index in [4.69, 9.17) is 0 Å². The second-order valence-electron chi connectivity index (χ2n) is 5.48. The van der Waals surface area contributed by atoms with Gasteiger partial charge in [0.25, 0.3) is 0 Å². The molecule has 23 heavy (non-hydrogen) atoms. The van der Waals surface area contributed by atoms with Crippen molar-refractivity contribution in [3.63, 3.8) is 0 Å². The molecule has 0 aliphatic carbocycles. The Balaban J connectivity index is 1.86. The molecule has 0 aromatic heterocycles. The number of amides is 2. The van der Waals surface area contributed by atoms with Crippen LogP contribution in [0.1, 0.15) is 17.5 Å². The molecule has 2 amide bonds. The van der Waals surface area contributed by atoms with Crippen LogP contribution in [0.2, 0.25) is 0 Å². The summed E-state index contributed by atoms with van der Waals surface area (Å²) >= 11 is 0. The minimum Gasteiger partial charge on any atom is -0.335 e. The van der Waals surface area contributed by atoms with Gasteiger partial charge in [-0.05, 0) is 23.6 Å². The lowest BCUT2D eigenvalue weighted by molar-refractivity contribution is 0.241. The third-order valence-electron chi connectivity index (χ3n) is 3.72. The van der Waals surface area contributed by atoms with Crippen LogP contribution in [0, 0.1) is 11.3 Å². The van der Waals surface area contributed by atoms with E-state index in [2.05, 4.69) is 34.3 Å². The first kappa shape index (κ1) is 16.8. The summed E-state index contributed by atoms with van der Waals surface area (Å²) in [6.07, 6.45) is 4.79. The molecule has 2 rings (SSSR count). The maximum atomic E-state index is 11.6. The highest BCUT2D eigenvalue weighted by atomic mass is 16.2. The zero-order valence-electron chi connectivity index (χ0n) is 13.2. The van der Waals surface area contributed by atoms with E-state index in [0.717, 1.165) is 37.2 Å². The summed E-state index contributed by atoms with van der Waals surface area (Å²) in [5.74, 6) is 0. The van der Waals surface area contributed by atoms with Gasteiger partial charge in [0.15, 0.2) is 0 Å². The van der Waals surface area contributed by atoms with Crippen LogP contribution in [0.3, 0.4) is 0 Å². The monoisotopic (exact) mass is 310 g/mol. The second kappa shape index (κ2) is 8.76. The Kier molecular flexibility index (Phi) is 6.40. The summed E-state index contributed by atoms with van der Waals surface area (Å²) in [5.41, 5.74) is 2.97. The number of nitriles is 1. The van der Waals surface area contributed by atoms with E-state index in [1.54, 1.807) is 6.08 Å². The number of rotatable bonds is 6. The number of hydrogen-bond acceptors (Lipinski definition) is 3. The van der Waals surface area contributed by atoms with Crippen molar-refractivity contribution in [3.05, 3.63) is 59.7 Å². The van der Waals surface area contributed by atoms with E-state index in [9.17, 15) is 10.1 Å². The lowest BCUT2D eigenvalue weighted by atomic mass is 10.1. The minimum absolute atomic E-state index is 0.183. The van der Waals surface area contributed by atoms with Gasteiger partial charge in [0.2, 0.25) is 0 Å². The quantitative estimate of drug-likeness (QED) is 0.791. The van der Waals surface area contributed by atoms with Crippen LogP contribution in [-0.2, 0) is 6.54 Å². The number of nitrogens with one attached hydrogen (secondary N) is 2. The van der Waals surface area contributed by atoms with Gasteiger partial charge in [-0.1, -0.05) is 30.4 Å². The van der Waals surface area contributed by atoms with Crippen molar-refractivity contribution in [3.8, 4) is 6.07 Å². The molecule has 0 atom stereocenters. The number of carbonyl (C=O) groups is 1. The fraction of sp³-hybridized carbons (Fsp3) is 0.333. The van der Waals surface area contributed by atoms with Crippen molar-refractivity contribution in [2.75, 3.05) is 26.2 Å². The van der Waals surface area contributed by atoms with Crippen molar-refractivity contribution in [1.29, 1.82) is 5.26 Å². The molecule has 1 aliphatic heterocycles. The van der Waals surface area contributed by atoms with Crippen LogP contribution >= 0.6 is 0 Å². The van der Waals surface area contributed by atoms with Crippen LogP contribution in [0.25, 0.3) is 0 Å². The van der Waals surface area contributed by atoms with E-state index >= 15 is 0 Å². The zero-order valence-corrected chi connectivity index (χ0v) is 13.2. The minimum atomic E-state index is -0.183. The van der Waals surface area contributed by atoms with E-state index in [-0.39, 0.29) is 6.03 Å². The van der Waals surface area contributed by atoms with Crippen LogP contribution in [0.5, 0.6) is 0 Å². The van der Waals surface area contributed by atoms with Crippen molar-refractivity contribution < 1.29 is 4.79 Å². The van der Waals surface area contributed by atoms with Gasteiger partial charge in [-0.3, -0.25) is 4.90 Å². The van der Waals surface area contributed by atoms with Crippen molar-refractivity contribution in [1.82, 2.24) is 15.5 Å². The fourth-order valence-electron chi connectivity index (χ4n) is 2.57. The Morgan fingerprint density at radius 2 is 2.22 bits per heavy atom. The van der Waals surface area contributed by atoms with Gasteiger partial charge >= 0.3 is 6.03 Å². The maximum absolute atomic E-state index is 11.6. The fourth-order valence-corrected chi connectivity index (χ4v) is 2.57. The smallest absolute Gasteiger partial charge is 0.315 e. The standard InChI is InChI=1S/C18H22N4O/c1-2-9-20-18(23)21-12-15-6-5-10-22(13-15)14-17-8-4-3-7-16(17)11-19/h2-4,6-8H,1,5,9-10,12-14H2,(H2,20,21,23). The molecule has 5 nitrogen and oxygen atoms in total. The van der Waals surface area contributed by atoms with E-state index in [1.165, 1.54) is 5.57 Å². The average Bonchev–Trinajstić information content (AvgIpc) is 2.59. The van der Waals surface area contributed by atoms with Gasteiger partial charge in [-0.2, -0.15) is 5.26 Å². The first-order valence-corrected chi connectivity index (χ1v) is 7.73. The van der Waals surface area contributed by atoms with Gasteiger partial charge in [0.1, 0.15) is 0 Å². The molecule has 1 aliphatic rings. The molecule has 0 unspecified atom stereocenters. The molecular weight excluding hydrogens is 288 g/mol. The summed E-state index contributed by atoms with van der Waals surface area (Å²) in [6, 6.07) is 9.75. The van der Waals surface area contributed by atoms with Crippen LogP contribution in [0.15, 0.2) is 48.6 Å². The Morgan fingerprint density at radius 1 is 1.39 bits per heavy atom. The molecule has 0 radical (unpaired) electrons. The molecule has 2 N–H and O–H groups in total. The van der Waals surface area contributed by atoms with Crippen LogP contribution in [-0.4, -0.2) is 37.1 Å². The lowest BCUT2D eigenvalue weighted by Crippen LogP contribution is -2.39. The van der Waals surface area contributed by atoms with Gasteiger partial charge in [0.05, 0.1) is 11.6 Å². The summed E-state index contributed by atoms with van der Waals surface area (Å²) in [4.78, 5) is 13.9. The topological polar surface area (TPSA) is 68.2 Å². The summed E-state index contributed by atoms with van der Waals surface area (Å²) in [7, 11) is 0. The van der Waals surface area contributed by atoms with E-state index in [1.807, 2.05) is 24.3 Å². The Hall–Kier alpha value is -2.58. The predicted molar refractivity (Wildman–Crippen MR) is 90.7 cm³/mol. The molecule has 1 aromatic carbocycles. The highest BCUT2D eigenvalue weighted by molar-refractivity contribution is 5.74. The van der Waals surface area contributed by atoms with Gasteiger partial charge in [-0.15, -0.1) is 6.58 Å². The maximum Gasteiger partial charge on any atom is 0.315 e. The highest BCUT2D eigenvalue weighted by Crippen LogP contribution is 2.15.